The first-order chi connectivity index (χ1) is 9.17. The van der Waals surface area contributed by atoms with Crippen molar-refractivity contribution in [3.63, 3.8) is 0 Å². The van der Waals surface area contributed by atoms with E-state index in [0.717, 1.165) is 42.1 Å². The number of aromatic nitrogens is 2. The summed E-state index contributed by atoms with van der Waals surface area (Å²) in [5.74, 6) is 0.981. The molecule has 100 valence electrons. The van der Waals surface area contributed by atoms with Crippen LogP contribution in [0.25, 0.3) is 10.3 Å². The minimum Gasteiger partial charge on any atom is -0.351 e. The average molecular weight is 276 g/mol. The van der Waals surface area contributed by atoms with Crippen LogP contribution in [0, 0.1) is 0 Å². The molecule has 1 aliphatic heterocycles. The van der Waals surface area contributed by atoms with Crippen LogP contribution in [0.3, 0.4) is 0 Å². The number of nitrogens with zero attached hydrogens (tertiary/aromatic N) is 4. The Balaban J connectivity index is 1.94. The highest BCUT2D eigenvalue weighted by Gasteiger charge is 2.22. The van der Waals surface area contributed by atoms with Crippen LogP contribution in [-0.2, 0) is 0 Å². The first-order valence-corrected chi connectivity index (χ1v) is 7.17. The summed E-state index contributed by atoms with van der Waals surface area (Å²) in [4.78, 5) is 25.1. The van der Waals surface area contributed by atoms with Gasteiger partial charge in [-0.3, -0.25) is 4.79 Å². The van der Waals surface area contributed by atoms with Gasteiger partial charge in [0.1, 0.15) is 16.2 Å². The lowest BCUT2D eigenvalue weighted by molar-refractivity contribution is 0.112. The molecule has 0 bridgehead atoms. The van der Waals surface area contributed by atoms with Crippen molar-refractivity contribution in [3.8, 4) is 0 Å². The maximum atomic E-state index is 10.8. The van der Waals surface area contributed by atoms with Crippen molar-refractivity contribution in [1.29, 1.82) is 0 Å². The molecule has 1 saturated heterocycles. The summed E-state index contributed by atoms with van der Waals surface area (Å²) < 4.78 is 0. The number of thiazole rings is 1. The molecule has 0 spiro atoms. The molecule has 0 amide bonds. The molecule has 0 N–H and O–H groups in total. The van der Waals surface area contributed by atoms with Crippen molar-refractivity contribution in [2.24, 2.45) is 0 Å². The molecule has 3 rings (SSSR count). The number of piperazine rings is 1. The third-order valence-electron chi connectivity index (χ3n) is 3.48. The fraction of sp³-hybridized carbons (Fsp3) is 0.462. The predicted octanol–water partition coefficient (Wildman–Crippen LogP) is 1.64. The topological polar surface area (TPSA) is 49.3 Å². The fourth-order valence-electron chi connectivity index (χ4n) is 2.51. The van der Waals surface area contributed by atoms with Crippen molar-refractivity contribution in [2.75, 3.05) is 31.6 Å². The van der Waals surface area contributed by atoms with Crippen LogP contribution in [0.2, 0.25) is 0 Å². The lowest BCUT2D eigenvalue weighted by Crippen LogP contribution is -2.50. The zero-order valence-corrected chi connectivity index (χ0v) is 11.9. The van der Waals surface area contributed by atoms with Crippen LogP contribution in [0.4, 0.5) is 5.82 Å². The van der Waals surface area contributed by atoms with Crippen molar-refractivity contribution < 1.29 is 4.79 Å². The zero-order chi connectivity index (χ0) is 13.4. The number of pyridine rings is 1. The van der Waals surface area contributed by atoms with E-state index in [9.17, 15) is 4.79 Å². The SMILES string of the molecule is CC1CN(C)CCN1c1ccc2nc(C=O)sc2n1. The molecule has 19 heavy (non-hydrogen) atoms. The second-order valence-electron chi connectivity index (χ2n) is 4.97. The molecular weight excluding hydrogens is 260 g/mol. The number of hydrogen-bond donors (Lipinski definition) is 0. The van der Waals surface area contributed by atoms with Gasteiger partial charge >= 0.3 is 0 Å². The van der Waals surface area contributed by atoms with E-state index in [2.05, 4.69) is 33.7 Å². The minimum absolute atomic E-state index is 0.446. The lowest BCUT2D eigenvalue weighted by Gasteiger charge is -2.38. The van der Waals surface area contributed by atoms with Gasteiger partial charge in [-0.15, -0.1) is 0 Å². The van der Waals surface area contributed by atoms with Crippen molar-refractivity contribution in [3.05, 3.63) is 17.1 Å². The molecule has 0 aromatic carbocycles. The molecule has 3 heterocycles. The Morgan fingerprint density at radius 3 is 2.95 bits per heavy atom. The molecule has 1 atom stereocenters. The third kappa shape index (κ3) is 2.33. The van der Waals surface area contributed by atoms with Gasteiger partial charge in [-0.25, -0.2) is 9.97 Å². The van der Waals surface area contributed by atoms with E-state index in [-0.39, 0.29) is 0 Å². The highest BCUT2D eigenvalue weighted by Crippen LogP contribution is 2.24. The Hall–Kier alpha value is -1.53. The highest BCUT2D eigenvalue weighted by molar-refractivity contribution is 7.19. The Labute approximate surface area is 115 Å². The van der Waals surface area contributed by atoms with Crippen molar-refractivity contribution in [1.82, 2.24) is 14.9 Å². The predicted molar refractivity (Wildman–Crippen MR) is 77.1 cm³/mol. The molecule has 1 aliphatic rings. The summed E-state index contributed by atoms with van der Waals surface area (Å²) in [6.07, 6.45) is 0.782. The lowest BCUT2D eigenvalue weighted by atomic mass is 10.2. The van der Waals surface area contributed by atoms with Crippen molar-refractivity contribution in [2.45, 2.75) is 13.0 Å². The zero-order valence-electron chi connectivity index (χ0n) is 11.0. The number of likely N-dealkylation sites (N-methyl/N-ethyl adjacent to an activating group) is 1. The molecule has 0 saturated carbocycles. The molecule has 2 aromatic rings. The summed E-state index contributed by atoms with van der Waals surface area (Å²) in [6, 6.07) is 4.40. The molecule has 1 fully saturated rings. The number of hydrogen-bond acceptors (Lipinski definition) is 6. The van der Waals surface area contributed by atoms with E-state index in [1.165, 1.54) is 11.3 Å². The Kier molecular flexibility index (Phi) is 3.20. The first-order valence-electron chi connectivity index (χ1n) is 6.35. The van der Waals surface area contributed by atoms with Gasteiger partial charge in [0.15, 0.2) is 11.3 Å². The maximum Gasteiger partial charge on any atom is 0.178 e. The monoisotopic (exact) mass is 276 g/mol. The van der Waals surface area contributed by atoms with Gasteiger partial charge in [0, 0.05) is 25.7 Å². The largest absolute Gasteiger partial charge is 0.351 e. The number of aldehydes is 1. The third-order valence-corrected chi connectivity index (χ3v) is 4.37. The van der Waals surface area contributed by atoms with Gasteiger partial charge in [-0.2, -0.15) is 0 Å². The van der Waals surface area contributed by atoms with Crippen LogP contribution in [0.1, 0.15) is 16.7 Å². The van der Waals surface area contributed by atoms with E-state index in [4.69, 9.17) is 0 Å². The normalized spacial score (nSPS) is 20.9. The fourth-order valence-corrected chi connectivity index (χ4v) is 3.26. The van der Waals surface area contributed by atoms with E-state index in [0.29, 0.717) is 11.0 Å². The molecule has 5 nitrogen and oxygen atoms in total. The minimum atomic E-state index is 0.446. The summed E-state index contributed by atoms with van der Waals surface area (Å²) >= 11 is 1.35. The molecule has 1 unspecified atom stereocenters. The van der Waals surface area contributed by atoms with E-state index < -0.39 is 0 Å². The summed E-state index contributed by atoms with van der Waals surface area (Å²) in [7, 11) is 2.14. The number of rotatable bonds is 2. The van der Waals surface area contributed by atoms with Gasteiger partial charge in [0.2, 0.25) is 0 Å². The van der Waals surface area contributed by atoms with Gasteiger partial charge < -0.3 is 9.80 Å². The first kappa shape index (κ1) is 12.5. The van der Waals surface area contributed by atoms with E-state index in [1.807, 2.05) is 12.1 Å². The average Bonchev–Trinajstić information content (AvgIpc) is 2.80. The van der Waals surface area contributed by atoms with Gasteiger partial charge in [-0.1, -0.05) is 11.3 Å². The van der Waals surface area contributed by atoms with Gasteiger partial charge in [-0.05, 0) is 26.1 Å². The summed E-state index contributed by atoms with van der Waals surface area (Å²) in [6.45, 7) is 5.29. The second-order valence-corrected chi connectivity index (χ2v) is 5.98. The Morgan fingerprint density at radius 1 is 1.37 bits per heavy atom. The molecular formula is C13H16N4OS. The number of carbonyl (C=O) groups excluding carboxylic acids is 1. The van der Waals surface area contributed by atoms with Crippen LogP contribution < -0.4 is 4.90 Å². The van der Waals surface area contributed by atoms with Crippen LogP contribution in [0.5, 0.6) is 0 Å². The maximum absolute atomic E-state index is 10.8. The van der Waals surface area contributed by atoms with E-state index in [1.54, 1.807) is 0 Å². The van der Waals surface area contributed by atoms with Crippen LogP contribution >= 0.6 is 11.3 Å². The van der Waals surface area contributed by atoms with Gasteiger partial charge in [0.05, 0.1) is 0 Å². The second kappa shape index (κ2) is 4.86. The summed E-state index contributed by atoms with van der Waals surface area (Å²) in [5.41, 5.74) is 0.803. The number of carbonyl (C=O) groups is 1. The highest BCUT2D eigenvalue weighted by atomic mass is 32.1. The van der Waals surface area contributed by atoms with Crippen LogP contribution in [-0.4, -0.2) is 53.9 Å². The molecule has 6 heteroatoms. The van der Waals surface area contributed by atoms with Crippen molar-refractivity contribution >= 4 is 33.8 Å². The Bertz CT molecular complexity index is 612. The van der Waals surface area contributed by atoms with E-state index >= 15 is 0 Å². The number of fused-ring (bicyclic) bond motifs is 1. The molecule has 2 aromatic heterocycles. The summed E-state index contributed by atoms with van der Waals surface area (Å²) in [5, 5.41) is 0.492. The smallest absolute Gasteiger partial charge is 0.178 e. The quantitative estimate of drug-likeness (QED) is 0.781. The van der Waals surface area contributed by atoms with Gasteiger partial charge in [0.25, 0.3) is 0 Å². The Morgan fingerprint density at radius 2 is 2.21 bits per heavy atom. The van der Waals surface area contributed by atoms with Crippen LogP contribution in [0.15, 0.2) is 12.1 Å². The standard InChI is InChI=1S/C13H16N4OS/c1-9-7-16(2)5-6-17(9)11-4-3-10-13(15-11)19-12(8-18)14-10/h3-4,8-9H,5-7H2,1-2H3. The number of anilines is 1. The molecule has 0 radical (unpaired) electrons. The molecule has 0 aliphatic carbocycles.